The molecule has 212 valence electrons. The molecular weight excluding hydrogens is 524 g/mol. The summed E-state index contributed by atoms with van der Waals surface area (Å²) in [4.78, 5) is 40.5. The molecule has 40 heavy (non-hydrogen) atoms. The second-order valence-electron chi connectivity index (χ2n) is 10.1. The number of nitrogens with one attached hydrogen (secondary N) is 1. The van der Waals surface area contributed by atoms with Crippen LogP contribution >= 0.6 is 0 Å². The zero-order valence-electron chi connectivity index (χ0n) is 22.5. The van der Waals surface area contributed by atoms with Gasteiger partial charge in [0.1, 0.15) is 18.0 Å². The van der Waals surface area contributed by atoms with Gasteiger partial charge in [0.2, 0.25) is 0 Å². The van der Waals surface area contributed by atoms with E-state index in [1.165, 1.54) is 6.20 Å². The van der Waals surface area contributed by atoms with E-state index in [4.69, 9.17) is 15.2 Å². The molecule has 13 heteroatoms. The highest BCUT2D eigenvalue weighted by Crippen LogP contribution is 2.29. The molecule has 0 aliphatic carbocycles. The topological polar surface area (TPSA) is 136 Å². The van der Waals surface area contributed by atoms with E-state index in [1.807, 2.05) is 20.8 Å². The second-order valence-corrected chi connectivity index (χ2v) is 10.1. The maximum atomic E-state index is 15.0. The number of carbonyl (C=O) groups excluding carboxylic acids is 2. The molecule has 0 spiro atoms. The lowest BCUT2D eigenvalue weighted by atomic mass is 10.1. The third-order valence-corrected chi connectivity index (χ3v) is 5.92. The molecule has 11 nitrogen and oxygen atoms in total. The number of hydrogen-bond donors (Lipinski definition) is 2. The zero-order valence-corrected chi connectivity index (χ0v) is 22.5. The van der Waals surface area contributed by atoms with Crippen molar-refractivity contribution < 1.29 is 27.8 Å². The van der Waals surface area contributed by atoms with E-state index in [1.54, 1.807) is 23.2 Å². The molecule has 1 saturated heterocycles. The van der Waals surface area contributed by atoms with Crippen molar-refractivity contribution in [3.63, 3.8) is 0 Å². The smallest absolute Gasteiger partial charge is 0.410 e. The monoisotopic (exact) mass is 555 g/mol. The Kier molecular flexibility index (Phi) is 8.73. The molecule has 3 aromatic rings. The van der Waals surface area contributed by atoms with E-state index in [0.29, 0.717) is 38.4 Å². The van der Waals surface area contributed by atoms with Crippen LogP contribution in [0.5, 0.6) is 5.75 Å². The molecule has 0 atom stereocenters. The Hall–Kier alpha value is -4.39. The number of ether oxygens (including phenoxy) is 2. The maximum Gasteiger partial charge on any atom is 0.410 e. The van der Waals surface area contributed by atoms with Crippen molar-refractivity contribution in [3.05, 3.63) is 60.2 Å². The minimum atomic E-state index is -0.805. The summed E-state index contributed by atoms with van der Waals surface area (Å²) in [6.45, 7) is 8.22. The van der Waals surface area contributed by atoms with Crippen molar-refractivity contribution in [2.24, 2.45) is 0 Å². The SMILES string of the molecule is CC(C)(C)OC(=O)N1CCN(CCOc2cc(F)c(-c3cnc(N)c(C(=O)Nc4cccnc4)n3)cc2F)CC1. The third-order valence-electron chi connectivity index (χ3n) is 5.92. The molecule has 2 aromatic heterocycles. The Morgan fingerprint density at radius 1 is 1.10 bits per heavy atom. The minimum absolute atomic E-state index is 0.0728. The van der Waals surface area contributed by atoms with Gasteiger partial charge in [0.25, 0.3) is 5.91 Å². The normalized spacial score (nSPS) is 14.1. The number of nitrogen functional groups attached to an aromatic ring is 1. The van der Waals surface area contributed by atoms with Crippen LogP contribution in [0.4, 0.5) is 25.1 Å². The van der Waals surface area contributed by atoms with Gasteiger partial charge in [-0.05, 0) is 39.0 Å². The number of pyridine rings is 1. The molecule has 0 unspecified atom stereocenters. The van der Waals surface area contributed by atoms with Crippen LogP contribution in [-0.2, 0) is 4.74 Å². The summed E-state index contributed by atoms with van der Waals surface area (Å²) in [5, 5.41) is 2.58. The van der Waals surface area contributed by atoms with Crippen molar-refractivity contribution in [1.29, 1.82) is 0 Å². The van der Waals surface area contributed by atoms with Crippen LogP contribution in [0, 0.1) is 11.6 Å². The summed E-state index contributed by atoms with van der Waals surface area (Å²) < 4.78 is 40.8. The van der Waals surface area contributed by atoms with Gasteiger partial charge in [-0.1, -0.05) is 0 Å². The molecule has 2 amide bonds. The standard InChI is InChI=1S/C27H31F2N7O4/c1-27(2,3)40-26(38)36-9-7-35(8-10-36)11-12-39-22-14-19(28)18(13-20(22)29)21-16-32-24(30)23(34-21)25(37)33-17-5-4-6-31-15-17/h4-6,13-16H,7-12H2,1-3H3,(H2,30,32)(H,33,37). The van der Waals surface area contributed by atoms with E-state index < -0.39 is 23.1 Å². The number of halogens is 2. The molecule has 0 radical (unpaired) electrons. The van der Waals surface area contributed by atoms with Crippen LogP contribution in [0.2, 0.25) is 0 Å². The van der Waals surface area contributed by atoms with Crippen LogP contribution in [0.3, 0.4) is 0 Å². The van der Waals surface area contributed by atoms with Crippen molar-refractivity contribution in [2.45, 2.75) is 26.4 Å². The van der Waals surface area contributed by atoms with Gasteiger partial charge in [-0.15, -0.1) is 0 Å². The summed E-state index contributed by atoms with van der Waals surface area (Å²) in [5.41, 5.74) is 5.14. The fourth-order valence-electron chi connectivity index (χ4n) is 3.92. The zero-order chi connectivity index (χ0) is 28.9. The second kappa shape index (κ2) is 12.2. The van der Waals surface area contributed by atoms with E-state index in [2.05, 4.69) is 25.2 Å². The first-order valence-corrected chi connectivity index (χ1v) is 12.7. The number of aromatic nitrogens is 3. The molecule has 3 heterocycles. The van der Waals surface area contributed by atoms with Crippen molar-refractivity contribution in [2.75, 3.05) is 50.4 Å². The van der Waals surface area contributed by atoms with Gasteiger partial charge in [0.15, 0.2) is 23.1 Å². The van der Waals surface area contributed by atoms with E-state index in [9.17, 15) is 18.4 Å². The Labute approximate surface area is 230 Å². The summed E-state index contributed by atoms with van der Waals surface area (Å²) in [5.74, 6) is -2.71. The first-order valence-electron chi connectivity index (χ1n) is 12.7. The van der Waals surface area contributed by atoms with Gasteiger partial charge in [-0.2, -0.15) is 0 Å². The maximum absolute atomic E-state index is 15.0. The third kappa shape index (κ3) is 7.38. The highest BCUT2D eigenvalue weighted by molar-refractivity contribution is 6.05. The minimum Gasteiger partial charge on any atom is -0.489 e. The van der Waals surface area contributed by atoms with Crippen LogP contribution in [0.25, 0.3) is 11.3 Å². The highest BCUT2D eigenvalue weighted by Gasteiger charge is 2.26. The number of hydrogen-bond acceptors (Lipinski definition) is 9. The molecule has 4 rings (SSSR count). The van der Waals surface area contributed by atoms with E-state index >= 15 is 0 Å². The number of benzene rings is 1. The van der Waals surface area contributed by atoms with Gasteiger partial charge in [-0.3, -0.25) is 14.7 Å². The van der Waals surface area contributed by atoms with Gasteiger partial charge in [0, 0.05) is 50.6 Å². The highest BCUT2D eigenvalue weighted by atomic mass is 19.1. The summed E-state index contributed by atoms with van der Waals surface area (Å²) >= 11 is 0. The van der Waals surface area contributed by atoms with E-state index in [0.717, 1.165) is 18.3 Å². The van der Waals surface area contributed by atoms with Crippen LogP contribution < -0.4 is 15.8 Å². The predicted molar refractivity (Wildman–Crippen MR) is 144 cm³/mol. The van der Waals surface area contributed by atoms with E-state index in [-0.39, 0.29) is 41.2 Å². The number of rotatable bonds is 7. The molecule has 0 saturated carbocycles. The number of carbonyl (C=O) groups is 2. The first kappa shape index (κ1) is 28.6. The first-order chi connectivity index (χ1) is 19.0. The fraction of sp³-hybridized carbons (Fsp3) is 0.370. The van der Waals surface area contributed by atoms with Crippen LogP contribution in [0.1, 0.15) is 31.3 Å². The number of nitrogens with two attached hydrogens (primary N) is 1. The number of amides is 2. The van der Waals surface area contributed by atoms with Gasteiger partial charge in [0.05, 0.1) is 23.8 Å². The summed E-state index contributed by atoms with van der Waals surface area (Å²) in [7, 11) is 0. The van der Waals surface area contributed by atoms with Gasteiger partial charge < -0.3 is 25.4 Å². The predicted octanol–water partition coefficient (Wildman–Crippen LogP) is 3.58. The molecule has 1 aliphatic heterocycles. The lowest BCUT2D eigenvalue weighted by Crippen LogP contribution is -2.50. The molecule has 1 aromatic carbocycles. The molecule has 0 bridgehead atoms. The quantitative estimate of drug-likeness (QED) is 0.448. The van der Waals surface area contributed by atoms with Crippen LogP contribution in [-0.4, -0.2) is 81.7 Å². The van der Waals surface area contributed by atoms with Gasteiger partial charge in [-0.25, -0.2) is 23.5 Å². The molecular formula is C27H31F2N7O4. The van der Waals surface area contributed by atoms with Crippen molar-refractivity contribution >= 4 is 23.5 Å². The number of piperazine rings is 1. The molecule has 3 N–H and O–H groups in total. The van der Waals surface area contributed by atoms with Crippen molar-refractivity contribution in [1.82, 2.24) is 24.8 Å². The lowest BCUT2D eigenvalue weighted by Gasteiger charge is -2.35. The molecule has 1 aliphatic rings. The molecule has 1 fully saturated rings. The Bertz CT molecular complexity index is 1360. The summed E-state index contributed by atoms with van der Waals surface area (Å²) in [6, 6.07) is 5.12. The van der Waals surface area contributed by atoms with Crippen molar-refractivity contribution in [3.8, 4) is 17.0 Å². The average molecular weight is 556 g/mol. The average Bonchev–Trinajstić information content (AvgIpc) is 2.90. The van der Waals surface area contributed by atoms with Crippen LogP contribution in [0.15, 0.2) is 42.9 Å². The Balaban J connectivity index is 1.35. The Morgan fingerprint density at radius 2 is 1.85 bits per heavy atom. The lowest BCUT2D eigenvalue weighted by molar-refractivity contribution is 0.0136. The largest absolute Gasteiger partial charge is 0.489 e. The number of anilines is 2. The number of nitrogens with zero attached hydrogens (tertiary/aromatic N) is 5. The Morgan fingerprint density at radius 3 is 2.52 bits per heavy atom. The van der Waals surface area contributed by atoms with Gasteiger partial charge >= 0.3 is 6.09 Å². The summed E-state index contributed by atoms with van der Waals surface area (Å²) in [6.07, 6.45) is 3.78. The fourth-order valence-corrected chi connectivity index (χ4v) is 3.92.